The Balaban J connectivity index is 1.55. The number of amides is 1. The predicted molar refractivity (Wildman–Crippen MR) is 135 cm³/mol. The van der Waals surface area contributed by atoms with Crippen molar-refractivity contribution in [2.45, 2.75) is 88.4 Å². The van der Waals surface area contributed by atoms with Gasteiger partial charge in [-0.15, -0.1) is 0 Å². The Kier molecular flexibility index (Phi) is 9.14. The van der Waals surface area contributed by atoms with Crippen LogP contribution in [0.1, 0.15) is 63.4 Å². The molecule has 1 aromatic carbocycles. The predicted octanol–water partition coefficient (Wildman–Crippen LogP) is 5.47. The fourth-order valence-corrected chi connectivity index (χ4v) is 6.31. The lowest BCUT2D eigenvalue weighted by atomic mass is 9.90. The van der Waals surface area contributed by atoms with Gasteiger partial charge >= 0.3 is 5.97 Å². The number of thioether (sulfide) groups is 1. The maximum Gasteiger partial charge on any atom is 0.306 e. The highest BCUT2D eigenvalue weighted by molar-refractivity contribution is 8.13. The molecule has 8 heteroatoms. The molecule has 3 heterocycles. The Labute approximate surface area is 212 Å². The number of fused-ring (bicyclic) bond motifs is 2. The Hall–Kier alpha value is -2.03. The highest BCUT2D eigenvalue weighted by Crippen LogP contribution is 2.43. The number of hydrogen-bond donors (Lipinski definition) is 0. The van der Waals surface area contributed by atoms with Crippen molar-refractivity contribution >= 4 is 23.0 Å². The first-order chi connectivity index (χ1) is 17.0. The van der Waals surface area contributed by atoms with E-state index in [2.05, 4.69) is 12.2 Å². The topological polar surface area (TPSA) is 74.3 Å². The van der Waals surface area contributed by atoms with Crippen molar-refractivity contribution in [1.29, 1.82) is 0 Å². The van der Waals surface area contributed by atoms with E-state index in [-0.39, 0.29) is 29.5 Å². The van der Waals surface area contributed by atoms with Crippen LogP contribution in [0, 0.1) is 0 Å². The first kappa shape index (κ1) is 26.0. The van der Waals surface area contributed by atoms with Gasteiger partial charge in [0.15, 0.2) is 5.79 Å². The minimum Gasteiger partial charge on any atom is -0.497 e. The molecule has 35 heavy (non-hydrogen) atoms. The molecule has 0 N–H and O–H groups in total. The van der Waals surface area contributed by atoms with Crippen LogP contribution in [0.5, 0.6) is 5.75 Å². The number of esters is 1. The molecule has 3 aliphatic rings. The molecule has 4 atom stereocenters. The Morgan fingerprint density at radius 1 is 1.06 bits per heavy atom. The summed E-state index contributed by atoms with van der Waals surface area (Å²) in [6, 6.07) is 7.46. The van der Waals surface area contributed by atoms with Crippen LogP contribution in [0.4, 0.5) is 4.79 Å². The molecule has 0 spiro atoms. The summed E-state index contributed by atoms with van der Waals surface area (Å²) in [5.74, 6) is 0.165. The van der Waals surface area contributed by atoms with Crippen molar-refractivity contribution in [3.05, 3.63) is 42.0 Å². The number of carbonyl (C=O) groups is 2. The third-order valence-corrected chi connectivity index (χ3v) is 8.07. The number of ether oxygens (including phenoxy) is 4. The summed E-state index contributed by atoms with van der Waals surface area (Å²) < 4.78 is 24.0. The highest BCUT2D eigenvalue weighted by Gasteiger charge is 2.54. The van der Waals surface area contributed by atoms with Crippen molar-refractivity contribution in [2.24, 2.45) is 0 Å². The van der Waals surface area contributed by atoms with E-state index in [9.17, 15) is 9.59 Å². The summed E-state index contributed by atoms with van der Waals surface area (Å²) in [6.45, 7) is 0.453. The summed E-state index contributed by atoms with van der Waals surface area (Å²) in [7, 11) is 3.28. The van der Waals surface area contributed by atoms with Crippen LogP contribution >= 0.6 is 11.8 Å². The summed E-state index contributed by atoms with van der Waals surface area (Å²) in [6.07, 6.45) is 11.2. The number of benzene rings is 1. The first-order valence-electron chi connectivity index (χ1n) is 12.7. The molecular formula is C27H37NO6S. The maximum atomic E-state index is 12.9. The van der Waals surface area contributed by atoms with Gasteiger partial charge in [0, 0.05) is 38.7 Å². The lowest BCUT2D eigenvalue weighted by molar-refractivity contribution is -0.306. The molecular weight excluding hydrogens is 466 g/mol. The van der Waals surface area contributed by atoms with Gasteiger partial charge in [0.25, 0.3) is 5.24 Å². The van der Waals surface area contributed by atoms with Gasteiger partial charge in [-0.25, -0.2) is 0 Å². The molecule has 192 valence electrons. The smallest absolute Gasteiger partial charge is 0.306 e. The molecule has 1 amide bonds. The van der Waals surface area contributed by atoms with Gasteiger partial charge in [-0.2, -0.15) is 0 Å². The Morgan fingerprint density at radius 3 is 2.57 bits per heavy atom. The van der Waals surface area contributed by atoms with Crippen molar-refractivity contribution in [3.8, 4) is 5.75 Å². The van der Waals surface area contributed by atoms with Gasteiger partial charge < -0.3 is 23.8 Å². The molecule has 2 fully saturated rings. The lowest BCUT2D eigenvalue weighted by Crippen LogP contribution is -2.60. The van der Waals surface area contributed by atoms with E-state index in [0.717, 1.165) is 49.8 Å². The standard InChI is InChI=1S/C27H37NO6S/c1-31-21-14-12-20(13-15-21)18-28-24(19-35-26(28)30)27(32-2)17-23-16-22(34-27)10-8-6-4-3-5-7-9-11-25(29)33-23/h3-4,12-15,22-24H,5-11,16-19H2,1-2H3/b4-3-/t22-,23?,24+,27-/m1/s1. The minimum absolute atomic E-state index is 0.00814. The second-order valence-corrected chi connectivity index (χ2v) is 10.5. The Morgan fingerprint density at radius 2 is 1.83 bits per heavy atom. The van der Waals surface area contributed by atoms with Crippen molar-refractivity contribution < 1.29 is 28.5 Å². The van der Waals surface area contributed by atoms with Crippen molar-refractivity contribution in [2.75, 3.05) is 20.0 Å². The largest absolute Gasteiger partial charge is 0.497 e. The van der Waals surface area contributed by atoms with E-state index in [4.69, 9.17) is 18.9 Å². The quantitative estimate of drug-likeness (QED) is 0.390. The normalized spacial score (nSPS) is 31.5. The minimum atomic E-state index is -1.02. The molecule has 1 unspecified atom stereocenters. The first-order valence-corrected chi connectivity index (χ1v) is 13.7. The van der Waals surface area contributed by atoms with Crippen LogP contribution in [-0.2, 0) is 25.5 Å². The number of allylic oxidation sites excluding steroid dienone is 2. The van der Waals surface area contributed by atoms with Gasteiger partial charge in [0.1, 0.15) is 11.9 Å². The fourth-order valence-electron chi connectivity index (χ4n) is 5.21. The molecule has 2 saturated heterocycles. The van der Waals surface area contributed by atoms with E-state index < -0.39 is 5.79 Å². The maximum absolute atomic E-state index is 12.9. The van der Waals surface area contributed by atoms with E-state index >= 15 is 0 Å². The number of hydrogen-bond acceptors (Lipinski definition) is 7. The van der Waals surface area contributed by atoms with Gasteiger partial charge in [-0.05, 0) is 56.2 Å². The molecule has 4 rings (SSSR count). The molecule has 0 radical (unpaired) electrons. The zero-order valence-electron chi connectivity index (χ0n) is 20.8. The summed E-state index contributed by atoms with van der Waals surface area (Å²) in [4.78, 5) is 27.4. The Bertz CT molecular complexity index is 890. The monoisotopic (exact) mass is 503 g/mol. The zero-order chi connectivity index (χ0) is 24.7. The molecule has 0 saturated carbocycles. The van der Waals surface area contributed by atoms with Crippen LogP contribution in [0.15, 0.2) is 36.4 Å². The third-order valence-electron chi connectivity index (χ3n) is 7.11. The van der Waals surface area contributed by atoms with E-state index in [1.54, 1.807) is 14.2 Å². The van der Waals surface area contributed by atoms with Crippen LogP contribution < -0.4 is 4.74 Å². The second kappa shape index (κ2) is 12.3. The number of nitrogens with zero attached hydrogens (tertiary/aromatic N) is 1. The third kappa shape index (κ3) is 6.60. The fraction of sp³-hybridized carbons (Fsp3) is 0.630. The van der Waals surface area contributed by atoms with E-state index in [0.29, 0.717) is 31.6 Å². The number of methoxy groups -OCH3 is 2. The van der Waals surface area contributed by atoms with E-state index in [1.165, 1.54) is 11.8 Å². The summed E-state index contributed by atoms with van der Waals surface area (Å²) >= 11 is 1.29. The zero-order valence-corrected chi connectivity index (χ0v) is 21.6. The molecule has 3 aliphatic heterocycles. The molecule has 0 aliphatic carbocycles. The van der Waals surface area contributed by atoms with Gasteiger partial charge in [-0.1, -0.05) is 36.0 Å². The van der Waals surface area contributed by atoms with Crippen LogP contribution in [0.3, 0.4) is 0 Å². The second-order valence-electron chi connectivity index (χ2n) is 9.52. The van der Waals surface area contributed by atoms with Crippen LogP contribution in [-0.4, -0.2) is 60.1 Å². The lowest BCUT2D eigenvalue weighted by Gasteiger charge is -2.48. The highest BCUT2D eigenvalue weighted by atomic mass is 32.2. The molecule has 2 bridgehead atoms. The van der Waals surface area contributed by atoms with Crippen molar-refractivity contribution in [3.63, 3.8) is 0 Å². The number of carbonyl (C=O) groups excluding carboxylic acids is 2. The molecule has 0 aromatic heterocycles. The van der Waals surface area contributed by atoms with E-state index in [1.807, 2.05) is 29.2 Å². The molecule has 1 aromatic rings. The van der Waals surface area contributed by atoms with Gasteiger partial charge in [0.05, 0.1) is 19.3 Å². The number of rotatable bonds is 5. The van der Waals surface area contributed by atoms with Gasteiger partial charge in [-0.3, -0.25) is 9.59 Å². The van der Waals surface area contributed by atoms with Gasteiger partial charge in [0.2, 0.25) is 0 Å². The van der Waals surface area contributed by atoms with Crippen LogP contribution in [0.2, 0.25) is 0 Å². The van der Waals surface area contributed by atoms with Crippen LogP contribution in [0.25, 0.3) is 0 Å². The van der Waals surface area contributed by atoms with Crippen molar-refractivity contribution in [1.82, 2.24) is 4.90 Å². The average Bonchev–Trinajstić information content (AvgIpc) is 3.23. The average molecular weight is 504 g/mol. The summed E-state index contributed by atoms with van der Waals surface area (Å²) in [5, 5.41) is 0.00814. The SMILES string of the molecule is COc1ccc(CN2C(=O)SC[C@H]2[C@@]2(OC)CC3C[C@@H](CCC/C=C\CCCCC(=O)O3)O2)cc1. The summed E-state index contributed by atoms with van der Waals surface area (Å²) in [5.41, 5.74) is 1.01. The molecule has 7 nitrogen and oxygen atoms in total.